The number of hydrogen-bond donors (Lipinski definition) is 7. The molecule has 4 atom stereocenters. The van der Waals surface area contributed by atoms with Gasteiger partial charge in [-0.3, -0.25) is 14.4 Å². The lowest BCUT2D eigenvalue weighted by atomic mass is 10.0. The number of phenolic OH excluding ortho intramolecular Hbond substituents is 1. The molecule has 0 spiro atoms. The predicted octanol–water partition coefficient (Wildman–Crippen LogP) is -0.0914. The van der Waals surface area contributed by atoms with Crippen molar-refractivity contribution >= 4 is 48.1 Å². The number of nitrogens with one attached hydrogen (secondary N) is 4. The van der Waals surface area contributed by atoms with E-state index in [1.54, 1.807) is 12.1 Å². The van der Waals surface area contributed by atoms with Crippen LogP contribution in [-0.4, -0.2) is 82.4 Å². The van der Waals surface area contributed by atoms with Gasteiger partial charge in [-0.05, 0) is 55.5 Å². The number of thioether (sulfide) groups is 1. The van der Waals surface area contributed by atoms with Gasteiger partial charge in [0.2, 0.25) is 17.7 Å². The van der Waals surface area contributed by atoms with E-state index >= 15 is 0 Å². The number of aliphatic carboxylic acids is 1. The molecular formula is C22H32N4O6S2. The Morgan fingerprint density at radius 1 is 1.09 bits per heavy atom. The van der Waals surface area contributed by atoms with E-state index in [-0.39, 0.29) is 30.3 Å². The molecule has 188 valence electrons. The zero-order valence-corrected chi connectivity index (χ0v) is 20.7. The number of amides is 3. The van der Waals surface area contributed by atoms with E-state index in [9.17, 15) is 29.4 Å². The molecule has 1 aliphatic rings. The molecule has 34 heavy (non-hydrogen) atoms. The molecule has 4 unspecified atom stereocenters. The monoisotopic (exact) mass is 512 g/mol. The van der Waals surface area contributed by atoms with Crippen LogP contribution in [0.4, 0.5) is 0 Å². The van der Waals surface area contributed by atoms with Crippen molar-refractivity contribution in [2.45, 2.75) is 49.9 Å². The molecule has 1 aromatic carbocycles. The molecule has 0 aromatic heterocycles. The number of carbonyl (C=O) groups excluding carboxylic acids is 3. The van der Waals surface area contributed by atoms with Gasteiger partial charge >= 0.3 is 5.97 Å². The van der Waals surface area contributed by atoms with E-state index in [2.05, 4.69) is 33.9 Å². The topological polar surface area (TPSA) is 157 Å². The first-order valence-electron chi connectivity index (χ1n) is 11.0. The van der Waals surface area contributed by atoms with Gasteiger partial charge in [-0.2, -0.15) is 24.4 Å². The fraction of sp³-hybridized carbons (Fsp3) is 0.545. The van der Waals surface area contributed by atoms with Crippen LogP contribution < -0.4 is 21.3 Å². The van der Waals surface area contributed by atoms with Crippen molar-refractivity contribution in [2.24, 2.45) is 0 Å². The van der Waals surface area contributed by atoms with E-state index in [4.69, 9.17) is 0 Å². The number of thiol groups is 1. The maximum atomic E-state index is 13.1. The summed E-state index contributed by atoms with van der Waals surface area (Å²) in [4.78, 5) is 49.9. The molecule has 0 aliphatic carbocycles. The Hall–Kier alpha value is -2.44. The molecule has 1 aliphatic heterocycles. The van der Waals surface area contributed by atoms with Crippen molar-refractivity contribution in [3.05, 3.63) is 29.8 Å². The molecule has 1 heterocycles. The lowest BCUT2D eigenvalue weighted by Crippen LogP contribution is -2.58. The van der Waals surface area contributed by atoms with Gasteiger partial charge in [0.15, 0.2) is 0 Å². The van der Waals surface area contributed by atoms with Crippen LogP contribution in [0.15, 0.2) is 24.3 Å². The SMILES string of the molecule is CSCCC(NC(=O)C(CS)NC(=O)C(Cc1ccc(O)cc1)NC(=O)C1CCCN1)C(=O)O. The van der Waals surface area contributed by atoms with Crippen molar-refractivity contribution < 1.29 is 29.4 Å². The second kappa shape index (κ2) is 14.1. The summed E-state index contributed by atoms with van der Waals surface area (Å²) in [6.07, 6.45) is 3.73. The number of carbonyl (C=O) groups is 4. The van der Waals surface area contributed by atoms with Gasteiger partial charge in [-0.1, -0.05) is 12.1 Å². The number of carboxylic acids is 1. The fourth-order valence-corrected chi connectivity index (χ4v) is 4.22. The third-order valence-corrected chi connectivity index (χ3v) is 6.44. The summed E-state index contributed by atoms with van der Waals surface area (Å²) >= 11 is 5.60. The molecule has 6 N–H and O–H groups in total. The number of benzene rings is 1. The molecule has 0 bridgehead atoms. The minimum absolute atomic E-state index is 0.0590. The van der Waals surface area contributed by atoms with Crippen LogP contribution in [0.5, 0.6) is 5.75 Å². The number of phenols is 1. The average Bonchev–Trinajstić information content (AvgIpc) is 3.35. The molecular weight excluding hydrogens is 480 g/mol. The predicted molar refractivity (Wildman–Crippen MR) is 133 cm³/mol. The first-order chi connectivity index (χ1) is 16.2. The molecule has 0 saturated carbocycles. The number of hydrogen-bond acceptors (Lipinski definition) is 8. The third kappa shape index (κ3) is 8.73. The Bertz CT molecular complexity index is 848. The zero-order valence-electron chi connectivity index (χ0n) is 19.0. The van der Waals surface area contributed by atoms with Crippen molar-refractivity contribution in [3.63, 3.8) is 0 Å². The number of rotatable bonds is 13. The summed E-state index contributed by atoms with van der Waals surface area (Å²) in [7, 11) is 0. The summed E-state index contributed by atoms with van der Waals surface area (Å²) in [5.41, 5.74) is 0.701. The Labute approximate surface area is 208 Å². The van der Waals surface area contributed by atoms with Gasteiger partial charge in [-0.25, -0.2) is 4.79 Å². The molecule has 0 radical (unpaired) electrons. The van der Waals surface area contributed by atoms with Crippen molar-refractivity contribution in [2.75, 3.05) is 24.3 Å². The molecule has 1 saturated heterocycles. The summed E-state index contributed by atoms with van der Waals surface area (Å²) in [6.45, 7) is 0.718. The van der Waals surface area contributed by atoms with Crippen LogP contribution in [0.1, 0.15) is 24.8 Å². The molecule has 2 rings (SSSR count). The second-order valence-electron chi connectivity index (χ2n) is 8.01. The first-order valence-corrected chi connectivity index (χ1v) is 13.0. The highest BCUT2D eigenvalue weighted by molar-refractivity contribution is 7.98. The van der Waals surface area contributed by atoms with Crippen molar-refractivity contribution in [3.8, 4) is 5.75 Å². The number of carboxylic acid groups (broad SMARTS) is 1. The average molecular weight is 513 g/mol. The minimum atomic E-state index is -1.16. The Morgan fingerprint density at radius 3 is 2.29 bits per heavy atom. The van der Waals surface area contributed by atoms with E-state index in [1.807, 2.05) is 6.26 Å². The second-order valence-corrected chi connectivity index (χ2v) is 9.36. The van der Waals surface area contributed by atoms with Crippen LogP contribution in [0.25, 0.3) is 0 Å². The minimum Gasteiger partial charge on any atom is -0.508 e. The third-order valence-electron chi connectivity index (χ3n) is 5.43. The number of aromatic hydroxyl groups is 1. The quantitative estimate of drug-likeness (QED) is 0.181. The summed E-state index contributed by atoms with van der Waals surface area (Å²) in [5, 5.41) is 29.7. The summed E-state index contributed by atoms with van der Waals surface area (Å²) in [6, 6.07) is 2.69. The van der Waals surface area contributed by atoms with Crippen LogP contribution in [-0.2, 0) is 25.6 Å². The van der Waals surface area contributed by atoms with Crippen LogP contribution in [0.2, 0.25) is 0 Å². The summed E-state index contributed by atoms with van der Waals surface area (Å²) < 4.78 is 0. The highest BCUT2D eigenvalue weighted by Gasteiger charge is 2.31. The Balaban J connectivity index is 2.10. The maximum Gasteiger partial charge on any atom is 0.326 e. The highest BCUT2D eigenvalue weighted by Crippen LogP contribution is 2.13. The smallest absolute Gasteiger partial charge is 0.326 e. The van der Waals surface area contributed by atoms with Gasteiger partial charge < -0.3 is 31.5 Å². The van der Waals surface area contributed by atoms with Crippen molar-refractivity contribution in [1.82, 2.24) is 21.3 Å². The van der Waals surface area contributed by atoms with Gasteiger partial charge in [0, 0.05) is 12.2 Å². The molecule has 1 aromatic rings. The van der Waals surface area contributed by atoms with E-state index in [0.29, 0.717) is 17.7 Å². The van der Waals surface area contributed by atoms with Crippen LogP contribution in [0.3, 0.4) is 0 Å². The standard InChI is InChI=1S/C22H32N4O6S2/c1-34-10-8-16(22(31)32)24-21(30)18(12-33)26-20(29)17(11-13-4-6-14(27)7-5-13)25-19(28)15-3-2-9-23-15/h4-7,15-18,23,27,33H,2-3,8-12H2,1H3,(H,24,30)(H,25,28)(H,26,29)(H,31,32). The van der Waals surface area contributed by atoms with Crippen molar-refractivity contribution in [1.29, 1.82) is 0 Å². The van der Waals surface area contributed by atoms with Crippen LogP contribution in [0, 0.1) is 0 Å². The molecule has 12 heteroatoms. The Morgan fingerprint density at radius 2 is 1.74 bits per heavy atom. The van der Waals surface area contributed by atoms with Gasteiger partial charge in [0.05, 0.1) is 6.04 Å². The first kappa shape index (κ1) is 27.8. The molecule has 3 amide bonds. The molecule has 10 nitrogen and oxygen atoms in total. The largest absolute Gasteiger partial charge is 0.508 e. The van der Waals surface area contributed by atoms with E-state index < -0.39 is 42.0 Å². The lowest BCUT2D eigenvalue weighted by molar-refractivity contribution is -0.142. The zero-order chi connectivity index (χ0) is 25.1. The Kier molecular flexibility index (Phi) is 11.5. The fourth-order valence-electron chi connectivity index (χ4n) is 3.49. The lowest BCUT2D eigenvalue weighted by Gasteiger charge is -2.24. The van der Waals surface area contributed by atoms with Crippen LogP contribution >= 0.6 is 24.4 Å². The van der Waals surface area contributed by atoms with Gasteiger partial charge in [0.25, 0.3) is 0 Å². The maximum absolute atomic E-state index is 13.1. The van der Waals surface area contributed by atoms with Gasteiger partial charge in [0.1, 0.15) is 23.9 Å². The normalized spacial score (nSPS) is 17.9. The summed E-state index contributed by atoms with van der Waals surface area (Å²) in [5.74, 6) is -2.17. The van der Waals surface area contributed by atoms with E-state index in [1.165, 1.54) is 23.9 Å². The van der Waals surface area contributed by atoms with Gasteiger partial charge in [-0.15, -0.1) is 0 Å². The molecule has 1 fully saturated rings. The van der Waals surface area contributed by atoms with E-state index in [0.717, 1.165) is 13.0 Å². The highest BCUT2D eigenvalue weighted by atomic mass is 32.2.